The molecule has 0 spiro atoms. The molecule has 7 nitrogen and oxygen atoms in total. The van der Waals surface area contributed by atoms with Crippen molar-refractivity contribution >= 4 is 12.0 Å². The molecule has 2 aromatic heterocycles. The van der Waals surface area contributed by atoms with Crippen molar-refractivity contribution in [3.05, 3.63) is 65.5 Å². The molecule has 0 radical (unpaired) electrons. The third-order valence-electron chi connectivity index (χ3n) is 4.93. The number of alkyl carbamates (subject to hydrolysis) is 1. The van der Waals surface area contributed by atoms with E-state index in [0.717, 1.165) is 40.2 Å². The second kappa shape index (κ2) is 8.26. The van der Waals surface area contributed by atoms with Crippen LogP contribution in [0.5, 0.6) is 0 Å². The maximum Gasteiger partial charge on any atom is 0.407 e. The van der Waals surface area contributed by atoms with Gasteiger partial charge in [-0.25, -0.2) is 4.79 Å². The standard InChI is InChI=1S/C24H26N4O3/c1-24(2,3)31-23(30)27-14-15-5-4-6-16(11-15)20-12-17(7-9-25-20)21-13-18-19(28-21)8-10-26-22(18)29/h4-7,9,11-13,28H,8,10,14H2,1-3H3,(H,26,29)(H,27,30). The quantitative estimate of drug-likeness (QED) is 0.595. The van der Waals surface area contributed by atoms with Gasteiger partial charge < -0.3 is 20.4 Å². The van der Waals surface area contributed by atoms with Crippen molar-refractivity contribution in [2.75, 3.05) is 6.54 Å². The Kier molecular flexibility index (Phi) is 5.50. The largest absolute Gasteiger partial charge is 0.444 e. The number of amides is 2. The lowest BCUT2D eigenvalue weighted by Gasteiger charge is -2.19. The summed E-state index contributed by atoms with van der Waals surface area (Å²) in [5.74, 6) is -0.0387. The SMILES string of the molecule is CC(C)(C)OC(=O)NCc1cccc(-c2cc(-c3cc4c([nH]3)CCNC4=O)ccn2)c1. The van der Waals surface area contributed by atoms with Crippen molar-refractivity contribution in [1.82, 2.24) is 20.6 Å². The number of carbonyl (C=O) groups excluding carboxylic acids is 2. The van der Waals surface area contributed by atoms with E-state index < -0.39 is 11.7 Å². The van der Waals surface area contributed by atoms with E-state index in [1.165, 1.54) is 0 Å². The van der Waals surface area contributed by atoms with Gasteiger partial charge in [0.15, 0.2) is 0 Å². The molecule has 0 atom stereocenters. The van der Waals surface area contributed by atoms with E-state index in [2.05, 4.69) is 20.6 Å². The van der Waals surface area contributed by atoms with Crippen molar-refractivity contribution < 1.29 is 14.3 Å². The molecule has 3 N–H and O–H groups in total. The number of carbonyl (C=O) groups is 2. The van der Waals surface area contributed by atoms with Gasteiger partial charge >= 0.3 is 6.09 Å². The number of benzene rings is 1. The summed E-state index contributed by atoms with van der Waals surface area (Å²) >= 11 is 0. The van der Waals surface area contributed by atoms with E-state index in [0.29, 0.717) is 18.7 Å². The summed E-state index contributed by atoms with van der Waals surface area (Å²) in [5, 5.41) is 5.65. The van der Waals surface area contributed by atoms with E-state index in [1.807, 2.05) is 63.2 Å². The number of rotatable bonds is 4. The Morgan fingerprint density at radius 2 is 2.00 bits per heavy atom. The maximum atomic E-state index is 12.1. The van der Waals surface area contributed by atoms with Crippen LogP contribution in [0.25, 0.3) is 22.5 Å². The van der Waals surface area contributed by atoms with Crippen LogP contribution < -0.4 is 10.6 Å². The lowest BCUT2D eigenvalue weighted by molar-refractivity contribution is 0.0523. The Hall–Kier alpha value is -3.61. The molecule has 0 saturated carbocycles. The first-order valence-corrected chi connectivity index (χ1v) is 10.3. The van der Waals surface area contributed by atoms with Crippen LogP contribution in [-0.4, -0.2) is 34.1 Å². The highest BCUT2D eigenvalue weighted by atomic mass is 16.6. The molecule has 3 heterocycles. The fourth-order valence-corrected chi connectivity index (χ4v) is 3.53. The Balaban J connectivity index is 1.53. The van der Waals surface area contributed by atoms with Crippen LogP contribution in [0.2, 0.25) is 0 Å². The van der Waals surface area contributed by atoms with Crippen LogP contribution in [0.3, 0.4) is 0 Å². The van der Waals surface area contributed by atoms with Crippen LogP contribution >= 0.6 is 0 Å². The minimum atomic E-state index is -0.534. The Morgan fingerprint density at radius 1 is 1.16 bits per heavy atom. The smallest absolute Gasteiger partial charge is 0.407 e. The van der Waals surface area contributed by atoms with Gasteiger partial charge in [0.1, 0.15) is 5.60 Å². The average Bonchev–Trinajstić information content (AvgIpc) is 3.17. The minimum absolute atomic E-state index is 0.0387. The Labute approximate surface area is 181 Å². The molecule has 160 valence electrons. The molecular formula is C24H26N4O3. The van der Waals surface area contributed by atoms with Gasteiger partial charge in [-0.15, -0.1) is 0 Å². The number of H-pyrrole nitrogens is 1. The highest BCUT2D eigenvalue weighted by Gasteiger charge is 2.20. The van der Waals surface area contributed by atoms with Gasteiger partial charge in [-0.05, 0) is 50.6 Å². The minimum Gasteiger partial charge on any atom is -0.444 e. The zero-order valence-electron chi connectivity index (χ0n) is 17.9. The van der Waals surface area contributed by atoms with Gasteiger partial charge in [0.25, 0.3) is 5.91 Å². The number of pyridine rings is 1. The van der Waals surface area contributed by atoms with Gasteiger partial charge in [-0.3, -0.25) is 9.78 Å². The molecule has 7 heteroatoms. The molecule has 0 aliphatic carbocycles. The summed E-state index contributed by atoms with van der Waals surface area (Å²) in [4.78, 5) is 31.9. The fourth-order valence-electron chi connectivity index (χ4n) is 3.53. The van der Waals surface area contributed by atoms with Crippen molar-refractivity contribution in [2.24, 2.45) is 0 Å². The summed E-state index contributed by atoms with van der Waals surface area (Å²) in [6.07, 6.45) is 2.11. The second-order valence-corrected chi connectivity index (χ2v) is 8.57. The number of nitrogens with zero attached hydrogens (tertiary/aromatic N) is 1. The van der Waals surface area contributed by atoms with Crippen LogP contribution in [0.1, 0.15) is 42.4 Å². The van der Waals surface area contributed by atoms with Crippen molar-refractivity contribution in [3.8, 4) is 22.5 Å². The molecule has 2 amide bonds. The van der Waals surface area contributed by atoms with E-state index in [4.69, 9.17) is 4.74 Å². The lowest BCUT2D eigenvalue weighted by Crippen LogP contribution is -2.32. The topological polar surface area (TPSA) is 96.1 Å². The number of hydrogen-bond acceptors (Lipinski definition) is 4. The normalized spacial score (nSPS) is 13.3. The zero-order chi connectivity index (χ0) is 22.0. The second-order valence-electron chi connectivity index (χ2n) is 8.57. The predicted octanol–water partition coefficient (Wildman–Crippen LogP) is 4.05. The van der Waals surface area contributed by atoms with Gasteiger partial charge in [0.05, 0.1) is 11.3 Å². The molecule has 0 bridgehead atoms. The van der Waals surface area contributed by atoms with Gasteiger partial charge in [-0.1, -0.05) is 18.2 Å². The molecule has 4 rings (SSSR count). The van der Waals surface area contributed by atoms with Gasteiger partial charge in [0.2, 0.25) is 0 Å². The van der Waals surface area contributed by atoms with Crippen molar-refractivity contribution in [2.45, 2.75) is 39.3 Å². The number of fused-ring (bicyclic) bond motifs is 1. The van der Waals surface area contributed by atoms with Gasteiger partial charge in [0, 0.05) is 48.2 Å². The van der Waals surface area contributed by atoms with Crippen LogP contribution in [-0.2, 0) is 17.7 Å². The molecule has 0 saturated heterocycles. The van der Waals surface area contributed by atoms with E-state index in [9.17, 15) is 9.59 Å². The summed E-state index contributed by atoms with van der Waals surface area (Å²) in [6, 6.07) is 13.7. The molecule has 1 aliphatic rings. The summed E-state index contributed by atoms with van der Waals surface area (Å²) in [5.41, 5.74) is 5.70. The molecular weight excluding hydrogens is 392 g/mol. The summed E-state index contributed by atoms with van der Waals surface area (Å²) in [6.45, 7) is 6.51. The monoisotopic (exact) mass is 418 g/mol. The Bertz CT molecular complexity index is 1130. The number of hydrogen-bond donors (Lipinski definition) is 3. The molecule has 1 aliphatic heterocycles. The number of aromatic amines is 1. The molecule has 0 unspecified atom stereocenters. The van der Waals surface area contributed by atoms with E-state index in [-0.39, 0.29) is 5.91 Å². The molecule has 0 fully saturated rings. The van der Waals surface area contributed by atoms with Crippen molar-refractivity contribution in [3.63, 3.8) is 0 Å². The third-order valence-corrected chi connectivity index (χ3v) is 4.93. The highest BCUT2D eigenvalue weighted by molar-refractivity contribution is 5.97. The molecule has 1 aromatic carbocycles. The summed E-state index contributed by atoms with van der Waals surface area (Å²) in [7, 11) is 0. The summed E-state index contributed by atoms with van der Waals surface area (Å²) < 4.78 is 5.29. The average molecular weight is 418 g/mol. The maximum absolute atomic E-state index is 12.1. The Morgan fingerprint density at radius 3 is 2.77 bits per heavy atom. The van der Waals surface area contributed by atoms with E-state index >= 15 is 0 Å². The third kappa shape index (κ3) is 4.94. The zero-order valence-corrected chi connectivity index (χ0v) is 17.9. The van der Waals surface area contributed by atoms with Crippen LogP contribution in [0.4, 0.5) is 4.79 Å². The fraction of sp³-hybridized carbons (Fsp3) is 0.292. The first-order chi connectivity index (χ1) is 14.8. The lowest BCUT2D eigenvalue weighted by atomic mass is 10.0. The number of ether oxygens (including phenoxy) is 1. The highest BCUT2D eigenvalue weighted by Crippen LogP contribution is 2.27. The molecule has 31 heavy (non-hydrogen) atoms. The predicted molar refractivity (Wildman–Crippen MR) is 119 cm³/mol. The van der Waals surface area contributed by atoms with Crippen LogP contribution in [0, 0.1) is 0 Å². The van der Waals surface area contributed by atoms with Crippen molar-refractivity contribution in [1.29, 1.82) is 0 Å². The van der Waals surface area contributed by atoms with Gasteiger partial charge in [-0.2, -0.15) is 0 Å². The van der Waals surface area contributed by atoms with Crippen LogP contribution in [0.15, 0.2) is 48.7 Å². The first-order valence-electron chi connectivity index (χ1n) is 10.3. The van der Waals surface area contributed by atoms with E-state index in [1.54, 1.807) is 6.20 Å². The molecule has 3 aromatic rings. The number of nitrogens with one attached hydrogen (secondary N) is 3. The first kappa shape index (κ1) is 20.7. The number of aromatic nitrogens is 2.